The van der Waals surface area contributed by atoms with Crippen LogP contribution in [0.1, 0.15) is 31.9 Å². The van der Waals surface area contributed by atoms with Crippen molar-refractivity contribution in [1.29, 1.82) is 5.41 Å². The Morgan fingerprint density at radius 2 is 1.61 bits per heavy atom. The molecule has 0 saturated heterocycles. The second kappa shape index (κ2) is 7.14. The number of nitrogens with one attached hydrogen (secondary N) is 2. The van der Waals surface area contributed by atoms with Gasteiger partial charge in [-0.2, -0.15) is 0 Å². The van der Waals surface area contributed by atoms with Crippen molar-refractivity contribution in [1.82, 2.24) is 0 Å². The van der Waals surface area contributed by atoms with Gasteiger partial charge >= 0.3 is 0 Å². The van der Waals surface area contributed by atoms with Crippen LogP contribution in [0.5, 0.6) is 5.75 Å². The Morgan fingerprint density at radius 1 is 1.00 bits per heavy atom. The normalized spacial score (nSPS) is 11.5. The minimum absolute atomic E-state index is 0.139. The first-order valence-electron chi connectivity index (χ1n) is 7.67. The molecule has 0 radical (unpaired) electrons. The van der Waals surface area contributed by atoms with Crippen molar-refractivity contribution in [3.8, 4) is 5.75 Å². The molecule has 0 bridgehead atoms. The van der Waals surface area contributed by atoms with E-state index >= 15 is 0 Å². The summed E-state index contributed by atoms with van der Waals surface area (Å²) in [6, 6.07) is 15.9. The van der Waals surface area contributed by atoms with Gasteiger partial charge in [0.05, 0.1) is 7.11 Å². The molecule has 3 heteroatoms. The molecule has 0 aliphatic carbocycles. The van der Waals surface area contributed by atoms with Crippen molar-refractivity contribution >= 4 is 17.6 Å². The van der Waals surface area contributed by atoms with Crippen LogP contribution in [0.2, 0.25) is 0 Å². The second-order valence-corrected chi connectivity index (χ2v) is 6.47. The van der Waals surface area contributed by atoms with Crippen LogP contribution in [0, 0.1) is 5.41 Å². The number of hydrogen-bond donors (Lipinski definition) is 2. The molecule has 2 rings (SSSR count). The van der Waals surface area contributed by atoms with Crippen LogP contribution in [0.3, 0.4) is 0 Å². The third kappa shape index (κ3) is 4.99. The van der Waals surface area contributed by atoms with E-state index < -0.39 is 0 Å². The van der Waals surface area contributed by atoms with E-state index in [2.05, 4.69) is 38.2 Å². The van der Waals surface area contributed by atoms with Gasteiger partial charge in [-0.15, -0.1) is 0 Å². The highest BCUT2D eigenvalue weighted by Gasteiger charge is 2.12. The fraction of sp³-hybridized carbons (Fsp3) is 0.250. The summed E-state index contributed by atoms with van der Waals surface area (Å²) in [7, 11) is 1.65. The van der Waals surface area contributed by atoms with Crippen molar-refractivity contribution in [3.63, 3.8) is 0 Å². The molecule has 0 heterocycles. The lowest BCUT2D eigenvalue weighted by molar-refractivity contribution is 0.415. The highest BCUT2D eigenvalue weighted by molar-refractivity contribution is 6.03. The van der Waals surface area contributed by atoms with Gasteiger partial charge in [0.25, 0.3) is 0 Å². The molecule has 0 spiro atoms. The standard InChI is InChI=1S/C20H24N2O/c1-20(2,3)16-8-10-17(11-9-16)22-19(21)14-7-15-5-12-18(23-4)13-6-15/h5-14H,1-4H3,(H2,21,22)/b14-7+. The van der Waals surface area contributed by atoms with Crippen molar-refractivity contribution in [2.45, 2.75) is 26.2 Å². The van der Waals surface area contributed by atoms with Gasteiger partial charge in [-0.1, -0.05) is 51.1 Å². The Bertz CT molecular complexity index is 677. The monoisotopic (exact) mass is 308 g/mol. The van der Waals surface area contributed by atoms with Crippen LogP contribution in [-0.4, -0.2) is 12.9 Å². The lowest BCUT2D eigenvalue weighted by Gasteiger charge is -2.19. The molecule has 0 atom stereocenters. The largest absolute Gasteiger partial charge is 0.497 e. The smallest absolute Gasteiger partial charge is 0.122 e. The van der Waals surface area contributed by atoms with Gasteiger partial charge < -0.3 is 10.1 Å². The molecule has 0 saturated carbocycles. The minimum Gasteiger partial charge on any atom is -0.497 e. The predicted molar refractivity (Wildman–Crippen MR) is 98.5 cm³/mol. The third-order valence-electron chi connectivity index (χ3n) is 3.59. The van der Waals surface area contributed by atoms with Crippen LogP contribution in [0.15, 0.2) is 54.6 Å². The first kappa shape index (κ1) is 16.8. The molecule has 0 unspecified atom stereocenters. The zero-order chi connectivity index (χ0) is 16.9. The molecule has 0 aliphatic rings. The second-order valence-electron chi connectivity index (χ2n) is 6.47. The summed E-state index contributed by atoms with van der Waals surface area (Å²) in [5.41, 5.74) is 3.37. The van der Waals surface area contributed by atoms with Gasteiger partial charge in [-0.25, -0.2) is 0 Å². The van der Waals surface area contributed by atoms with E-state index in [0.29, 0.717) is 5.84 Å². The van der Waals surface area contributed by atoms with Gasteiger partial charge in [0, 0.05) is 5.69 Å². The summed E-state index contributed by atoms with van der Waals surface area (Å²) in [6.45, 7) is 6.57. The molecule has 120 valence electrons. The van der Waals surface area contributed by atoms with Crippen molar-refractivity contribution in [2.75, 3.05) is 12.4 Å². The maximum absolute atomic E-state index is 8.01. The zero-order valence-electron chi connectivity index (χ0n) is 14.2. The molecule has 0 aliphatic heterocycles. The summed E-state index contributed by atoms with van der Waals surface area (Å²) < 4.78 is 5.13. The summed E-state index contributed by atoms with van der Waals surface area (Å²) in [4.78, 5) is 0. The van der Waals surface area contributed by atoms with Gasteiger partial charge in [-0.05, 0) is 46.9 Å². The van der Waals surface area contributed by atoms with Crippen LogP contribution in [-0.2, 0) is 5.41 Å². The number of anilines is 1. The lowest BCUT2D eigenvalue weighted by atomic mass is 9.87. The van der Waals surface area contributed by atoms with E-state index in [4.69, 9.17) is 10.1 Å². The van der Waals surface area contributed by atoms with E-state index in [9.17, 15) is 0 Å². The van der Waals surface area contributed by atoms with E-state index in [-0.39, 0.29) is 5.41 Å². The van der Waals surface area contributed by atoms with Crippen molar-refractivity contribution in [3.05, 3.63) is 65.7 Å². The average Bonchev–Trinajstić information content (AvgIpc) is 2.53. The van der Waals surface area contributed by atoms with Crippen molar-refractivity contribution < 1.29 is 4.74 Å². The summed E-state index contributed by atoms with van der Waals surface area (Å²) in [5.74, 6) is 1.18. The van der Waals surface area contributed by atoms with Crippen molar-refractivity contribution in [2.24, 2.45) is 0 Å². The molecule has 0 aromatic heterocycles. The number of benzene rings is 2. The predicted octanol–water partition coefficient (Wildman–Crippen LogP) is 5.10. The van der Waals surface area contributed by atoms with E-state index in [0.717, 1.165) is 17.0 Å². The molecule has 0 fully saturated rings. The number of amidine groups is 1. The fourth-order valence-corrected chi connectivity index (χ4v) is 2.15. The number of methoxy groups -OCH3 is 1. The molecule has 3 nitrogen and oxygen atoms in total. The SMILES string of the molecule is COc1ccc(/C=C/C(=N)Nc2ccc(C(C)(C)C)cc2)cc1. The Labute approximate surface area is 138 Å². The van der Waals surface area contributed by atoms with E-state index in [1.165, 1.54) is 5.56 Å². The van der Waals surface area contributed by atoms with Gasteiger partial charge in [0.15, 0.2) is 0 Å². The summed E-state index contributed by atoms with van der Waals surface area (Å²) >= 11 is 0. The Hall–Kier alpha value is -2.55. The third-order valence-corrected chi connectivity index (χ3v) is 3.59. The van der Waals surface area contributed by atoms with Crippen LogP contribution in [0.4, 0.5) is 5.69 Å². The number of hydrogen-bond acceptors (Lipinski definition) is 2. The van der Waals surface area contributed by atoms with E-state index in [1.807, 2.05) is 42.5 Å². The molecule has 23 heavy (non-hydrogen) atoms. The quantitative estimate of drug-likeness (QED) is 0.610. The first-order valence-corrected chi connectivity index (χ1v) is 7.67. The molecule has 2 aromatic rings. The molecule has 2 N–H and O–H groups in total. The van der Waals surface area contributed by atoms with Crippen LogP contribution < -0.4 is 10.1 Å². The number of rotatable bonds is 4. The van der Waals surface area contributed by atoms with Crippen LogP contribution >= 0.6 is 0 Å². The highest BCUT2D eigenvalue weighted by Crippen LogP contribution is 2.23. The summed E-state index contributed by atoms with van der Waals surface area (Å²) in [5, 5.41) is 11.1. The number of ether oxygens (including phenoxy) is 1. The van der Waals surface area contributed by atoms with Gasteiger partial charge in [0.1, 0.15) is 11.6 Å². The minimum atomic E-state index is 0.139. The Morgan fingerprint density at radius 3 is 2.13 bits per heavy atom. The maximum atomic E-state index is 8.01. The van der Waals surface area contributed by atoms with Gasteiger partial charge in [0.2, 0.25) is 0 Å². The maximum Gasteiger partial charge on any atom is 0.122 e. The lowest BCUT2D eigenvalue weighted by Crippen LogP contribution is -2.11. The Kier molecular flexibility index (Phi) is 5.22. The zero-order valence-corrected chi connectivity index (χ0v) is 14.2. The molecular formula is C20H24N2O. The fourth-order valence-electron chi connectivity index (χ4n) is 2.15. The average molecular weight is 308 g/mol. The molecule has 0 amide bonds. The highest BCUT2D eigenvalue weighted by atomic mass is 16.5. The van der Waals surface area contributed by atoms with Crippen LogP contribution in [0.25, 0.3) is 6.08 Å². The topological polar surface area (TPSA) is 45.1 Å². The van der Waals surface area contributed by atoms with Gasteiger partial charge in [-0.3, -0.25) is 5.41 Å². The Balaban J connectivity index is 1.97. The molecular weight excluding hydrogens is 284 g/mol. The summed E-state index contributed by atoms with van der Waals surface area (Å²) in [6.07, 6.45) is 3.65. The van der Waals surface area contributed by atoms with E-state index in [1.54, 1.807) is 13.2 Å². The molecule has 2 aromatic carbocycles. The first-order chi connectivity index (χ1) is 10.9.